The average molecular weight is 535 g/mol. The largest absolute Gasteiger partial charge is 0.476 e. The molecule has 0 aromatic heterocycles. The zero-order valence-corrected chi connectivity index (χ0v) is 23.4. The van der Waals surface area contributed by atoms with Gasteiger partial charge in [0.05, 0.1) is 13.1 Å². The van der Waals surface area contributed by atoms with Crippen LogP contribution in [0.1, 0.15) is 46.0 Å². The molecule has 1 amide bonds. The van der Waals surface area contributed by atoms with Crippen LogP contribution >= 0.6 is 11.8 Å². The summed E-state index contributed by atoms with van der Waals surface area (Å²) >= 11 is 1.33. The summed E-state index contributed by atoms with van der Waals surface area (Å²) < 4.78 is 0. The molecule has 6 rings (SSSR count). The first kappa shape index (κ1) is 25.7. The van der Waals surface area contributed by atoms with E-state index >= 15 is 0 Å². The van der Waals surface area contributed by atoms with Crippen LogP contribution in [0.15, 0.2) is 61.7 Å². The Morgan fingerprint density at radius 1 is 1.08 bits per heavy atom. The fourth-order valence-corrected chi connectivity index (χ4v) is 8.08. The van der Waals surface area contributed by atoms with E-state index in [1.165, 1.54) is 71.7 Å². The van der Waals surface area contributed by atoms with Gasteiger partial charge in [-0.3, -0.25) is 9.79 Å². The number of fused-ring (bicyclic) bond motifs is 4. The monoisotopic (exact) mass is 534 g/mol. The molecular formula is C30H38N4O3S. The molecule has 0 radical (unpaired) electrons. The minimum atomic E-state index is -0.956. The van der Waals surface area contributed by atoms with E-state index in [2.05, 4.69) is 47.0 Å². The van der Waals surface area contributed by atoms with E-state index in [-0.39, 0.29) is 16.9 Å². The number of amides is 1. The number of hydrogen-bond acceptors (Lipinski definition) is 6. The highest BCUT2D eigenvalue weighted by atomic mass is 32.2. The van der Waals surface area contributed by atoms with Gasteiger partial charge >= 0.3 is 5.97 Å². The van der Waals surface area contributed by atoms with E-state index in [1.54, 1.807) is 0 Å². The highest BCUT2D eigenvalue weighted by Gasteiger charge is 2.44. The van der Waals surface area contributed by atoms with Gasteiger partial charge in [-0.05, 0) is 60.1 Å². The predicted octanol–water partition coefficient (Wildman–Crippen LogP) is 4.23. The van der Waals surface area contributed by atoms with Crippen LogP contribution in [-0.4, -0.2) is 89.1 Å². The van der Waals surface area contributed by atoms with Gasteiger partial charge in [-0.25, -0.2) is 4.79 Å². The summed E-state index contributed by atoms with van der Waals surface area (Å²) in [7, 11) is 0. The number of likely N-dealkylation sites (N-methyl/N-ethyl adjacent to an activating group) is 1. The second-order valence-corrected chi connectivity index (χ2v) is 12.4. The molecule has 3 heterocycles. The summed E-state index contributed by atoms with van der Waals surface area (Å²) in [5.41, 5.74) is 7.79. The van der Waals surface area contributed by atoms with Crippen molar-refractivity contribution in [2.75, 3.05) is 52.4 Å². The molecule has 2 fully saturated rings. The zero-order chi connectivity index (χ0) is 26.4. The zero-order valence-electron chi connectivity index (χ0n) is 22.5. The number of piperazine rings is 1. The molecule has 1 saturated carbocycles. The Morgan fingerprint density at radius 3 is 2.55 bits per heavy atom. The number of carboxylic acids is 1. The Labute approximate surface area is 229 Å². The highest BCUT2D eigenvalue weighted by molar-refractivity contribution is 8.19. The molecular weight excluding hydrogens is 496 g/mol. The van der Waals surface area contributed by atoms with Crippen LogP contribution in [0.5, 0.6) is 0 Å². The Kier molecular flexibility index (Phi) is 7.12. The third-order valence-corrected chi connectivity index (χ3v) is 10.2. The predicted molar refractivity (Wildman–Crippen MR) is 152 cm³/mol. The molecule has 7 nitrogen and oxygen atoms in total. The fourth-order valence-electron chi connectivity index (χ4n) is 7.06. The van der Waals surface area contributed by atoms with Crippen LogP contribution in [0.2, 0.25) is 0 Å². The van der Waals surface area contributed by atoms with Crippen molar-refractivity contribution in [3.8, 4) is 0 Å². The molecule has 0 aromatic carbocycles. The van der Waals surface area contributed by atoms with Crippen LogP contribution in [0.4, 0.5) is 0 Å². The van der Waals surface area contributed by atoms with E-state index in [0.717, 1.165) is 43.2 Å². The van der Waals surface area contributed by atoms with Gasteiger partial charge in [0.2, 0.25) is 5.91 Å². The lowest BCUT2D eigenvalue weighted by atomic mass is 9.80. The van der Waals surface area contributed by atoms with Crippen molar-refractivity contribution < 1.29 is 14.7 Å². The first-order valence-electron chi connectivity index (χ1n) is 14.2. The van der Waals surface area contributed by atoms with Gasteiger partial charge in [0, 0.05) is 49.7 Å². The van der Waals surface area contributed by atoms with Gasteiger partial charge in [0.15, 0.2) is 5.04 Å². The lowest BCUT2D eigenvalue weighted by Crippen LogP contribution is -2.50. The number of carbonyl (C=O) groups excluding carboxylic acids is 1. The number of aliphatic imine (C=N–C) groups is 1. The quantitative estimate of drug-likeness (QED) is 0.569. The topological polar surface area (TPSA) is 76.5 Å². The maximum Gasteiger partial charge on any atom is 0.361 e. The van der Waals surface area contributed by atoms with E-state index in [9.17, 15) is 14.7 Å². The summed E-state index contributed by atoms with van der Waals surface area (Å²) in [6, 6.07) is 0. The Hall–Kier alpha value is -2.58. The molecule has 3 aliphatic carbocycles. The Balaban J connectivity index is 1.38. The fraction of sp³-hybridized carbons (Fsp3) is 0.567. The number of hydrogen-bond donors (Lipinski definition) is 1. The summed E-state index contributed by atoms with van der Waals surface area (Å²) in [5, 5.41) is 10.00. The third-order valence-electron chi connectivity index (χ3n) is 9.06. The molecule has 1 atom stereocenters. The van der Waals surface area contributed by atoms with E-state index < -0.39 is 5.97 Å². The maximum atomic E-state index is 13.4. The summed E-state index contributed by atoms with van der Waals surface area (Å²) in [4.78, 5) is 37.5. The van der Waals surface area contributed by atoms with Gasteiger partial charge < -0.3 is 19.8 Å². The van der Waals surface area contributed by atoms with Crippen molar-refractivity contribution >= 4 is 28.7 Å². The molecule has 202 valence electrons. The molecule has 6 aliphatic rings. The normalized spacial score (nSPS) is 26.3. The van der Waals surface area contributed by atoms with Crippen molar-refractivity contribution in [3.05, 3.63) is 56.7 Å². The Morgan fingerprint density at radius 2 is 1.84 bits per heavy atom. The molecule has 3 aliphatic heterocycles. The Bertz CT molecular complexity index is 1230. The molecule has 1 unspecified atom stereocenters. The van der Waals surface area contributed by atoms with E-state index in [1.807, 2.05) is 4.90 Å². The first-order valence-corrected chi connectivity index (χ1v) is 15.0. The van der Waals surface area contributed by atoms with Crippen molar-refractivity contribution in [2.24, 2.45) is 16.8 Å². The van der Waals surface area contributed by atoms with Crippen molar-refractivity contribution in [1.29, 1.82) is 0 Å². The van der Waals surface area contributed by atoms with E-state index in [4.69, 9.17) is 0 Å². The maximum absolute atomic E-state index is 13.4. The number of allylic oxidation sites excluding steroid dienone is 7. The minimum absolute atomic E-state index is 0.172. The van der Waals surface area contributed by atoms with Crippen molar-refractivity contribution in [3.63, 3.8) is 0 Å². The SMILES string of the molecule is CCN1CCN(C(=O)CN2C=C3C(=C(C4CCCCC4)C4=CC=C(C)C34)C3=C(CN=C(C(=O)O)S3)C2)CC1. The van der Waals surface area contributed by atoms with Crippen LogP contribution in [-0.2, 0) is 9.59 Å². The van der Waals surface area contributed by atoms with Crippen LogP contribution < -0.4 is 0 Å². The second kappa shape index (κ2) is 10.5. The third kappa shape index (κ3) is 4.60. The van der Waals surface area contributed by atoms with Crippen LogP contribution in [0, 0.1) is 11.8 Å². The standard InChI is InChI=1S/C30H38N4O3S/c1-3-32-11-13-34(14-12-32)24(35)18-33-16-21-15-31-29(30(36)37)38-28(21)27-23(17-33)25-19(2)9-10-22(25)26(27)20-7-5-4-6-8-20/h9-10,17,20,25H,3-8,11-16,18H2,1-2H3,(H,36,37). The van der Waals surface area contributed by atoms with Crippen LogP contribution in [0.3, 0.4) is 0 Å². The van der Waals surface area contributed by atoms with Gasteiger partial charge in [-0.2, -0.15) is 0 Å². The second-order valence-electron chi connectivity index (χ2n) is 11.4. The molecule has 0 aromatic rings. The molecule has 8 heteroatoms. The first-order chi connectivity index (χ1) is 18.4. The smallest absolute Gasteiger partial charge is 0.361 e. The lowest BCUT2D eigenvalue weighted by Gasteiger charge is -2.35. The number of carbonyl (C=O) groups is 2. The molecule has 0 spiro atoms. The highest BCUT2D eigenvalue weighted by Crippen LogP contribution is 2.57. The lowest BCUT2D eigenvalue weighted by molar-refractivity contribution is -0.133. The van der Waals surface area contributed by atoms with Gasteiger partial charge in [-0.1, -0.05) is 55.7 Å². The summed E-state index contributed by atoms with van der Waals surface area (Å²) in [6.07, 6.45) is 13.0. The van der Waals surface area contributed by atoms with Gasteiger partial charge in [0.1, 0.15) is 0 Å². The van der Waals surface area contributed by atoms with Gasteiger partial charge in [-0.15, -0.1) is 0 Å². The molecule has 0 bridgehead atoms. The molecule has 1 N–H and O–H groups in total. The van der Waals surface area contributed by atoms with Crippen LogP contribution in [0.25, 0.3) is 0 Å². The van der Waals surface area contributed by atoms with Crippen molar-refractivity contribution in [2.45, 2.75) is 46.0 Å². The molecule has 38 heavy (non-hydrogen) atoms. The number of aliphatic carboxylic acids is 1. The average Bonchev–Trinajstić information content (AvgIpc) is 3.41. The number of nitrogens with zero attached hydrogens (tertiary/aromatic N) is 4. The van der Waals surface area contributed by atoms with Gasteiger partial charge in [0.25, 0.3) is 0 Å². The van der Waals surface area contributed by atoms with Crippen molar-refractivity contribution in [1.82, 2.24) is 14.7 Å². The summed E-state index contributed by atoms with van der Waals surface area (Å²) in [6.45, 7) is 10.1. The molecule has 1 saturated heterocycles. The number of rotatable bonds is 5. The number of thioether (sulfide) groups is 1. The number of carboxylic acid groups (broad SMARTS) is 1. The van der Waals surface area contributed by atoms with E-state index in [0.29, 0.717) is 25.6 Å². The minimum Gasteiger partial charge on any atom is -0.476 e. The summed E-state index contributed by atoms with van der Waals surface area (Å²) in [5.74, 6) is -0.0809.